The summed E-state index contributed by atoms with van der Waals surface area (Å²) in [5.41, 5.74) is 6.03. The topological polar surface area (TPSA) is 56.9 Å². The lowest BCUT2D eigenvalue weighted by Crippen LogP contribution is -2.75. The molecule has 7 aromatic carbocycles. The van der Waals surface area contributed by atoms with Crippen molar-refractivity contribution in [2.45, 2.75) is 0 Å². The minimum Gasteiger partial charge on any atom is -0.309 e. The second-order valence-electron chi connectivity index (χ2n) is 12.2. The van der Waals surface area contributed by atoms with Gasteiger partial charge >= 0.3 is 0 Å². The van der Waals surface area contributed by atoms with Crippen LogP contribution in [0.1, 0.15) is 11.1 Å². The molecule has 4 nitrogen and oxygen atoms in total. The molecular formula is C45H28N4Si. The highest BCUT2D eigenvalue weighted by Gasteiger charge is 2.43. The van der Waals surface area contributed by atoms with Crippen LogP contribution in [0.3, 0.4) is 0 Å². The molecule has 0 aliphatic carbocycles. The van der Waals surface area contributed by atoms with Gasteiger partial charge in [-0.05, 0) is 62.7 Å². The molecule has 0 amide bonds. The average Bonchev–Trinajstić information content (AvgIpc) is 3.53. The molecule has 0 radical (unpaired) electrons. The van der Waals surface area contributed by atoms with E-state index in [0.29, 0.717) is 22.4 Å². The molecule has 50 heavy (non-hydrogen) atoms. The Morgan fingerprint density at radius 2 is 1.10 bits per heavy atom. The normalized spacial score (nSPS) is 11.1. The lowest BCUT2D eigenvalue weighted by Gasteiger charge is -2.35. The number of nitriles is 2. The molecule has 0 unspecified atom stereocenters. The van der Waals surface area contributed by atoms with Gasteiger partial charge in [0.25, 0.3) is 0 Å². The summed E-state index contributed by atoms with van der Waals surface area (Å²) in [5.74, 6) is 0. The lowest BCUT2D eigenvalue weighted by atomic mass is 9.98. The molecule has 232 valence electrons. The summed E-state index contributed by atoms with van der Waals surface area (Å²) < 4.78 is 2.20. The molecular weight excluding hydrogens is 625 g/mol. The first-order chi connectivity index (χ1) is 24.7. The first-order valence-corrected chi connectivity index (χ1v) is 18.3. The summed E-state index contributed by atoms with van der Waals surface area (Å²) in [5, 5.41) is 27.2. The van der Waals surface area contributed by atoms with Gasteiger partial charge in [-0.3, -0.25) is 0 Å². The molecule has 0 aliphatic heterocycles. The van der Waals surface area contributed by atoms with Gasteiger partial charge in [0.2, 0.25) is 0 Å². The van der Waals surface area contributed by atoms with Crippen LogP contribution >= 0.6 is 0 Å². The third-order valence-electron chi connectivity index (χ3n) is 9.66. The summed E-state index contributed by atoms with van der Waals surface area (Å²) in [6.07, 6.45) is 0. The Labute approximate surface area is 291 Å². The molecule has 0 spiro atoms. The molecule has 1 heterocycles. The predicted molar refractivity (Wildman–Crippen MR) is 206 cm³/mol. The van der Waals surface area contributed by atoms with E-state index in [0.717, 1.165) is 53.8 Å². The number of aromatic nitrogens is 1. The minimum absolute atomic E-state index is 0.441. The monoisotopic (exact) mass is 652 g/mol. The van der Waals surface area contributed by atoms with Crippen molar-refractivity contribution in [2.24, 2.45) is 0 Å². The molecule has 0 aliphatic rings. The van der Waals surface area contributed by atoms with Crippen LogP contribution in [0.2, 0.25) is 0 Å². The molecule has 0 bridgehead atoms. The van der Waals surface area contributed by atoms with Crippen molar-refractivity contribution in [1.82, 2.24) is 4.57 Å². The molecule has 1 aromatic heterocycles. The van der Waals surface area contributed by atoms with E-state index in [9.17, 15) is 10.5 Å². The number of fused-ring (bicyclic) bond motifs is 3. The maximum absolute atomic E-state index is 11.1. The van der Waals surface area contributed by atoms with Crippen LogP contribution in [0.25, 0.3) is 43.5 Å². The van der Waals surface area contributed by atoms with Crippen molar-refractivity contribution < 1.29 is 0 Å². The first kappa shape index (κ1) is 30.4. The van der Waals surface area contributed by atoms with Gasteiger partial charge in [-0.25, -0.2) is 4.85 Å². The zero-order valence-electron chi connectivity index (χ0n) is 27.0. The Hall–Kier alpha value is -6.97. The van der Waals surface area contributed by atoms with E-state index in [2.05, 4.69) is 119 Å². The predicted octanol–water partition coefficient (Wildman–Crippen LogP) is 8.12. The quantitative estimate of drug-likeness (QED) is 0.104. The third kappa shape index (κ3) is 4.72. The van der Waals surface area contributed by atoms with Crippen LogP contribution in [0.5, 0.6) is 0 Å². The Balaban J connectivity index is 1.38. The van der Waals surface area contributed by atoms with Gasteiger partial charge in [-0.1, -0.05) is 133 Å². The minimum atomic E-state index is -3.04. The number of benzene rings is 7. The Bertz CT molecular complexity index is 2560. The van der Waals surface area contributed by atoms with Crippen LogP contribution in [0.4, 0.5) is 5.69 Å². The highest BCUT2D eigenvalue weighted by Crippen LogP contribution is 2.37. The van der Waals surface area contributed by atoms with E-state index in [1.807, 2.05) is 72.8 Å². The van der Waals surface area contributed by atoms with Crippen molar-refractivity contribution in [2.75, 3.05) is 0 Å². The molecule has 8 aromatic rings. The second-order valence-corrected chi connectivity index (χ2v) is 16.0. The van der Waals surface area contributed by atoms with E-state index in [-0.39, 0.29) is 0 Å². The van der Waals surface area contributed by atoms with Crippen LogP contribution in [0, 0.1) is 29.2 Å². The first-order valence-electron chi connectivity index (χ1n) is 16.3. The Morgan fingerprint density at radius 1 is 0.540 bits per heavy atom. The molecule has 5 heteroatoms. The second kappa shape index (κ2) is 12.6. The number of hydrogen-bond donors (Lipinski definition) is 0. The summed E-state index contributed by atoms with van der Waals surface area (Å²) >= 11 is 0. The highest BCUT2D eigenvalue weighted by atomic mass is 28.3. The molecule has 8 rings (SSSR count). The molecule has 0 atom stereocenters. The van der Waals surface area contributed by atoms with Crippen molar-refractivity contribution in [3.63, 3.8) is 0 Å². The van der Waals surface area contributed by atoms with E-state index in [4.69, 9.17) is 6.57 Å². The Morgan fingerprint density at radius 3 is 1.66 bits per heavy atom. The van der Waals surface area contributed by atoms with Crippen molar-refractivity contribution >= 4 is 56.3 Å². The van der Waals surface area contributed by atoms with E-state index in [1.54, 1.807) is 0 Å². The zero-order valence-corrected chi connectivity index (χ0v) is 28.0. The van der Waals surface area contributed by atoms with Crippen molar-refractivity contribution in [3.05, 3.63) is 192 Å². The number of para-hydroxylation sites is 1. The van der Waals surface area contributed by atoms with Gasteiger partial charge in [-0.2, -0.15) is 10.5 Å². The fraction of sp³-hybridized carbons (Fsp3) is 0. The third-order valence-corrected chi connectivity index (χ3v) is 14.5. The van der Waals surface area contributed by atoms with Crippen LogP contribution in [0.15, 0.2) is 170 Å². The summed E-state index contributed by atoms with van der Waals surface area (Å²) in [6, 6.07) is 62.5. The Kier molecular flexibility index (Phi) is 7.63. The fourth-order valence-electron chi connectivity index (χ4n) is 7.53. The van der Waals surface area contributed by atoms with Crippen LogP contribution in [-0.2, 0) is 0 Å². The number of nitrogens with zero attached hydrogens (tertiary/aromatic N) is 4. The van der Waals surface area contributed by atoms with Crippen LogP contribution < -0.4 is 20.7 Å². The summed E-state index contributed by atoms with van der Waals surface area (Å²) in [7, 11) is -3.04. The van der Waals surface area contributed by atoms with E-state index in [1.165, 1.54) is 0 Å². The van der Waals surface area contributed by atoms with E-state index >= 15 is 0 Å². The van der Waals surface area contributed by atoms with Gasteiger partial charge in [0.05, 0.1) is 35.3 Å². The van der Waals surface area contributed by atoms with Crippen molar-refractivity contribution in [3.8, 4) is 29.0 Å². The standard InChI is InChI=1S/C45H28N4Si/c1-48-41-26-28-44(50(35-13-5-2-6-14-35,36-15-7-3-8-16-36)37-17-9-4-10-18-37)40(31-47)45(41)33-22-24-34(25-23-33)49-42-20-12-11-19-38(42)39-29-32(30-46)21-27-43(39)49/h2-29H. The van der Waals surface area contributed by atoms with Gasteiger partial charge in [-0.15, -0.1) is 0 Å². The van der Waals surface area contributed by atoms with Gasteiger partial charge in [0.1, 0.15) is 0 Å². The fourth-order valence-corrected chi connectivity index (χ4v) is 12.4. The zero-order chi connectivity index (χ0) is 34.1. The van der Waals surface area contributed by atoms with Crippen molar-refractivity contribution in [1.29, 1.82) is 10.5 Å². The summed E-state index contributed by atoms with van der Waals surface area (Å²) in [6.45, 7) is 8.19. The van der Waals surface area contributed by atoms with Gasteiger partial charge in [0.15, 0.2) is 13.8 Å². The van der Waals surface area contributed by atoms with Gasteiger partial charge < -0.3 is 4.57 Å². The van der Waals surface area contributed by atoms with E-state index < -0.39 is 8.07 Å². The average molecular weight is 653 g/mol. The maximum atomic E-state index is 11.1. The smallest absolute Gasteiger partial charge is 0.196 e. The molecule has 0 N–H and O–H groups in total. The van der Waals surface area contributed by atoms with Gasteiger partial charge in [0, 0.05) is 27.6 Å². The SMILES string of the molecule is [C-]#[N+]c1ccc([Si](c2ccccc2)(c2ccccc2)c2ccccc2)c(C#N)c1-c1ccc(-n2c3ccccc3c3cc(C#N)ccc32)cc1. The highest BCUT2D eigenvalue weighted by molar-refractivity contribution is 7.20. The number of rotatable bonds is 6. The molecule has 0 fully saturated rings. The number of hydrogen-bond acceptors (Lipinski definition) is 2. The summed E-state index contributed by atoms with van der Waals surface area (Å²) in [4.78, 5) is 3.95. The van der Waals surface area contributed by atoms with Crippen LogP contribution in [-0.4, -0.2) is 12.6 Å². The largest absolute Gasteiger partial charge is 0.309 e. The maximum Gasteiger partial charge on any atom is 0.196 e. The molecule has 0 saturated heterocycles. The molecule has 0 saturated carbocycles. The lowest BCUT2D eigenvalue weighted by molar-refractivity contribution is 1.18.